The first-order valence-corrected chi connectivity index (χ1v) is 13.3. The third kappa shape index (κ3) is 7.03. The number of methoxy groups -OCH3 is 1. The molecule has 3 heterocycles. The van der Waals surface area contributed by atoms with Crippen LogP contribution >= 0.6 is 11.8 Å². The Hall–Kier alpha value is -4.40. The molecule has 0 unspecified atom stereocenters. The summed E-state index contributed by atoms with van der Waals surface area (Å²) in [4.78, 5) is 35.3. The molecule has 0 amide bonds. The molecular weight excluding hydrogens is 553 g/mol. The van der Waals surface area contributed by atoms with Crippen LogP contribution in [-0.2, 0) is 11.2 Å². The van der Waals surface area contributed by atoms with Gasteiger partial charge in [-0.05, 0) is 36.4 Å². The predicted molar refractivity (Wildman–Crippen MR) is 149 cm³/mol. The summed E-state index contributed by atoms with van der Waals surface area (Å²) >= 11 is 1.06. The molecule has 0 radical (unpaired) electrons. The number of nitrogens with zero attached hydrogens (tertiary/aromatic N) is 4. The van der Waals surface area contributed by atoms with Crippen molar-refractivity contribution in [1.82, 2.24) is 20.2 Å². The normalized spacial score (nSPS) is 12.9. The highest BCUT2D eigenvalue weighted by Gasteiger charge is 2.24. The van der Waals surface area contributed by atoms with Crippen LogP contribution < -0.4 is 20.1 Å². The van der Waals surface area contributed by atoms with Crippen LogP contribution in [-0.4, -0.2) is 64.8 Å². The van der Waals surface area contributed by atoms with Gasteiger partial charge in [0, 0.05) is 59.1 Å². The lowest BCUT2D eigenvalue weighted by atomic mass is 10.0. The molecule has 1 aliphatic heterocycles. The molecule has 0 aliphatic carbocycles. The van der Waals surface area contributed by atoms with Gasteiger partial charge in [-0.25, -0.2) is 14.4 Å². The molecular formula is C27H28FN7O5S. The Morgan fingerprint density at radius 3 is 2.68 bits per heavy atom. The molecule has 4 N–H and O–H groups in total. The number of carbonyl (C=O) groups is 1. The topological polar surface area (TPSA) is 166 Å². The maximum Gasteiger partial charge on any atom is 0.254 e. The molecule has 0 bridgehead atoms. The highest BCUT2D eigenvalue weighted by atomic mass is 32.2. The van der Waals surface area contributed by atoms with Crippen molar-refractivity contribution in [2.45, 2.75) is 23.4 Å². The molecule has 0 atom stereocenters. The summed E-state index contributed by atoms with van der Waals surface area (Å²) in [5.41, 5.74) is 2.03. The lowest BCUT2D eigenvalue weighted by Crippen LogP contribution is -2.55. The van der Waals surface area contributed by atoms with E-state index in [1.54, 1.807) is 42.6 Å². The molecule has 1 aliphatic rings. The molecule has 0 saturated carbocycles. The summed E-state index contributed by atoms with van der Waals surface area (Å²) in [7, 11) is 1.55. The van der Waals surface area contributed by atoms with Crippen molar-refractivity contribution in [3.8, 4) is 5.75 Å². The van der Waals surface area contributed by atoms with Crippen LogP contribution in [0.2, 0.25) is 0 Å². The second-order valence-corrected chi connectivity index (χ2v) is 10.0. The number of nitroso groups, excluding NO2 is 1. The summed E-state index contributed by atoms with van der Waals surface area (Å²) in [5.74, 6) is 1.22. The van der Waals surface area contributed by atoms with Gasteiger partial charge in [0.05, 0.1) is 25.2 Å². The summed E-state index contributed by atoms with van der Waals surface area (Å²) in [6.45, 7) is 4.20. The van der Waals surface area contributed by atoms with Crippen molar-refractivity contribution in [1.29, 1.82) is 0 Å². The molecule has 214 valence electrons. The summed E-state index contributed by atoms with van der Waals surface area (Å²) < 4.78 is 26.4. The number of hydrogen-bond acceptors (Lipinski definition) is 11. The van der Waals surface area contributed by atoms with Crippen molar-refractivity contribution in [3.05, 3.63) is 76.1 Å². The van der Waals surface area contributed by atoms with E-state index in [9.17, 15) is 9.70 Å². The Balaban J connectivity index is 0.00000387. The highest BCUT2D eigenvalue weighted by molar-refractivity contribution is 7.99. The van der Waals surface area contributed by atoms with E-state index in [1.807, 2.05) is 17.9 Å². The third-order valence-corrected chi connectivity index (χ3v) is 7.08. The minimum atomic E-state index is -0.505. The van der Waals surface area contributed by atoms with Gasteiger partial charge in [0.25, 0.3) is 5.69 Å². The van der Waals surface area contributed by atoms with Gasteiger partial charge in [-0.1, -0.05) is 18.2 Å². The van der Waals surface area contributed by atoms with Gasteiger partial charge in [0.15, 0.2) is 28.4 Å². The summed E-state index contributed by atoms with van der Waals surface area (Å²) in [6, 6.07) is 12.7. The fourth-order valence-corrected chi connectivity index (χ4v) is 4.97. The van der Waals surface area contributed by atoms with Crippen molar-refractivity contribution < 1.29 is 29.3 Å². The van der Waals surface area contributed by atoms with Gasteiger partial charge in [-0.15, -0.1) is 0 Å². The highest BCUT2D eigenvalue weighted by Crippen LogP contribution is 2.38. The van der Waals surface area contributed by atoms with Gasteiger partial charge >= 0.3 is 0 Å². The Morgan fingerprint density at radius 1 is 1.20 bits per heavy atom. The van der Waals surface area contributed by atoms with Gasteiger partial charge in [0.2, 0.25) is 5.75 Å². The average Bonchev–Trinajstić information content (AvgIpc) is 3.39. The molecule has 12 nitrogen and oxygen atoms in total. The second-order valence-electron chi connectivity index (χ2n) is 9.02. The van der Waals surface area contributed by atoms with E-state index in [-0.39, 0.29) is 23.4 Å². The number of rotatable bonds is 10. The maximum atomic E-state index is 15.2. The van der Waals surface area contributed by atoms with E-state index in [4.69, 9.17) is 14.5 Å². The number of ether oxygens (including phenoxy) is 2. The van der Waals surface area contributed by atoms with Crippen LogP contribution in [0.15, 0.2) is 58.6 Å². The van der Waals surface area contributed by atoms with Crippen LogP contribution in [0, 0.1) is 17.6 Å². The Bertz CT molecular complexity index is 1540. The number of carbonyl (C=O) groups excluding carboxylic acids is 1. The van der Waals surface area contributed by atoms with Gasteiger partial charge in [0.1, 0.15) is 5.82 Å². The molecule has 1 fully saturated rings. The lowest BCUT2D eigenvalue weighted by molar-refractivity contribution is -0.379. The van der Waals surface area contributed by atoms with Crippen molar-refractivity contribution in [2.24, 2.45) is 0 Å². The number of H-pyrrole nitrogens is 1. The molecule has 1 saturated heterocycles. The number of aromatic amines is 1. The first-order chi connectivity index (χ1) is 19.4. The predicted octanol–water partition coefficient (Wildman–Crippen LogP) is 3.11. The molecule has 4 aromatic rings. The number of anilines is 3. The van der Waals surface area contributed by atoms with Crippen LogP contribution in [0.25, 0.3) is 0 Å². The van der Waals surface area contributed by atoms with Crippen LogP contribution in [0.1, 0.15) is 21.6 Å². The number of aryl methyl sites for hydroxylation is 1. The number of nitrogens with one attached hydrogen (secondary N) is 3. The summed E-state index contributed by atoms with van der Waals surface area (Å²) in [6.07, 6.45) is -0.0124. The minimum Gasteiger partial charge on any atom is -0.870 e. The van der Waals surface area contributed by atoms with Gasteiger partial charge in [-0.2, -0.15) is 5.10 Å². The average molecular weight is 582 g/mol. The molecule has 14 heteroatoms. The number of halogens is 1. The van der Waals surface area contributed by atoms with Gasteiger partial charge < -0.3 is 25.2 Å². The fraction of sp³-hybridized carbons (Fsp3) is 0.259. The van der Waals surface area contributed by atoms with Crippen LogP contribution in [0.3, 0.4) is 0 Å². The number of Topliss-reactive ketones (excluding diaryl/α,β-unsaturated/α-hetero) is 1. The largest absolute Gasteiger partial charge is 0.870 e. The zero-order valence-corrected chi connectivity index (χ0v) is 23.1. The number of aromatic nitrogens is 4. The monoisotopic (exact) mass is 581 g/mol. The molecule has 2 aromatic carbocycles. The quantitative estimate of drug-likeness (QED) is 0.186. The number of ketones is 1. The van der Waals surface area contributed by atoms with E-state index in [1.165, 1.54) is 12.1 Å². The van der Waals surface area contributed by atoms with Crippen molar-refractivity contribution in [2.75, 3.05) is 43.6 Å². The molecule has 2 aromatic heterocycles. The van der Waals surface area contributed by atoms with Gasteiger partial charge in [-0.3, -0.25) is 9.89 Å². The number of benzene rings is 2. The smallest absolute Gasteiger partial charge is 0.254 e. The van der Waals surface area contributed by atoms with E-state index >= 15 is 4.39 Å². The molecule has 5 rings (SSSR count). The lowest BCUT2D eigenvalue weighted by Gasteiger charge is -2.29. The van der Waals surface area contributed by atoms with E-state index in [0.29, 0.717) is 70.7 Å². The fourth-order valence-electron chi connectivity index (χ4n) is 4.21. The van der Waals surface area contributed by atoms with Crippen LogP contribution in [0.4, 0.5) is 27.5 Å². The minimum absolute atomic E-state index is 0. The van der Waals surface area contributed by atoms with Crippen molar-refractivity contribution in [3.63, 3.8) is 0 Å². The number of morpholine rings is 1. The van der Waals surface area contributed by atoms with Crippen LogP contribution in [0.5, 0.6) is 5.75 Å². The zero-order valence-electron chi connectivity index (χ0n) is 22.3. The van der Waals surface area contributed by atoms with E-state index < -0.39 is 5.82 Å². The van der Waals surface area contributed by atoms with E-state index in [0.717, 1.165) is 17.5 Å². The molecule has 41 heavy (non-hydrogen) atoms. The Kier molecular flexibility index (Phi) is 9.60. The SMILES string of the molecule is COc1c(Nc2cc(C)[nH]n2)nc(Sc2ccc(CC(=O)c3cccc([NH+]=O)c3)cc2F)nc1N1CCOCC1.[OH-]. The van der Waals surface area contributed by atoms with Crippen molar-refractivity contribution >= 4 is 40.7 Å². The first-order valence-electron chi connectivity index (χ1n) is 12.5. The van der Waals surface area contributed by atoms with E-state index in [2.05, 4.69) is 20.5 Å². The zero-order chi connectivity index (χ0) is 28.1. The molecule has 0 spiro atoms. The third-order valence-electron chi connectivity index (χ3n) is 6.16. The second kappa shape index (κ2) is 13.3. The first kappa shape index (κ1) is 29.6. The standard InChI is InChI=1S/C27H26FN7O4S.H2O/c1-16-12-23(33-32-16)29-25-24(38-2)26(35-8-10-39-11-9-35)31-27(30-25)40-22-7-6-17(13-20(22)28)14-21(36)18-4-3-5-19(15-18)34-37;/h3-7,12-13,15H,8-11,14H2,1-2H3,(H2,29,30,31,32,33);1H2. The summed E-state index contributed by atoms with van der Waals surface area (Å²) in [5, 5.41) is 12.4. The Labute approximate surface area is 239 Å². The number of hydrogen-bond donors (Lipinski definition) is 3. The maximum absolute atomic E-state index is 15.2. The Morgan fingerprint density at radius 2 is 2.00 bits per heavy atom.